The summed E-state index contributed by atoms with van der Waals surface area (Å²) in [4.78, 5) is 27.2. The minimum atomic E-state index is -0.322. The zero-order valence-electron chi connectivity index (χ0n) is 17.3. The molecule has 0 aromatic heterocycles. The third kappa shape index (κ3) is 4.09. The van der Waals surface area contributed by atoms with E-state index in [1.165, 1.54) is 19.3 Å². The average molecular weight is 384 g/mol. The number of nitrogens with zero attached hydrogens (tertiary/aromatic N) is 1. The van der Waals surface area contributed by atoms with Crippen molar-refractivity contribution in [2.75, 3.05) is 18.9 Å². The van der Waals surface area contributed by atoms with E-state index in [1.54, 1.807) is 0 Å². The van der Waals surface area contributed by atoms with Crippen LogP contribution in [0.25, 0.3) is 0 Å². The smallest absolute Gasteiger partial charge is 0.238 e. The Hall–Kier alpha value is -1.88. The van der Waals surface area contributed by atoms with Gasteiger partial charge in [0.05, 0.1) is 12.6 Å². The van der Waals surface area contributed by atoms with Crippen molar-refractivity contribution in [3.63, 3.8) is 0 Å². The first-order valence-electron chi connectivity index (χ1n) is 10.7. The molecule has 152 valence electrons. The summed E-state index contributed by atoms with van der Waals surface area (Å²) in [6, 6.07) is 7.42. The Morgan fingerprint density at radius 3 is 2.14 bits per heavy atom. The molecule has 0 radical (unpaired) electrons. The minimum Gasteiger partial charge on any atom is -0.349 e. The standard InChI is InChI=1S/C23H33N3O2/c1-15-4-6-20(7-5-15)24-21(27)14-26(3)16(2)22(28)25-23-11-17-8-18(12-23)10-19(9-17)13-23/h4-7,16-19H,8-14H2,1-3H3,(H,24,27)(H,25,28)/t16-,17?,18?,19?,23?/m0/s1. The zero-order valence-corrected chi connectivity index (χ0v) is 17.3. The summed E-state index contributed by atoms with van der Waals surface area (Å²) < 4.78 is 0. The molecule has 2 N–H and O–H groups in total. The normalized spacial score (nSPS) is 31.6. The molecule has 1 atom stereocenters. The summed E-state index contributed by atoms with van der Waals surface area (Å²) >= 11 is 0. The maximum absolute atomic E-state index is 13.0. The van der Waals surface area contributed by atoms with Crippen LogP contribution in [0.3, 0.4) is 0 Å². The number of benzene rings is 1. The maximum atomic E-state index is 13.0. The second-order valence-corrected chi connectivity index (χ2v) is 9.69. The van der Waals surface area contributed by atoms with E-state index in [2.05, 4.69) is 10.6 Å². The van der Waals surface area contributed by atoms with Gasteiger partial charge in [0.25, 0.3) is 0 Å². The molecule has 5 rings (SSSR count). The van der Waals surface area contributed by atoms with Crippen molar-refractivity contribution >= 4 is 17.5 Å². The van der Waals surface area contributed by atoms with Crippen molar-refractivity contribution in [3.8, 4) is 0 Å². The van der Waals surface area contributed by atoms with Crippen molar-refractivity contribution in [1.29, 1.82) is 0 Å². The highest BCUT2D eigenvalue weighted by Gasteiger charge is 2.51. The molecule has 1 aromatic rings. The molecule has 2 amide bonds. The van der Waals surface area contributed by atoms with Crippen LogP contribution in [-0.2, 0) is 9.59 Å². The summed E-state index contributed by atoms with van der Waals surface area (Å²) in [5.41, 5.74) is 1.96. The highest BCUT2D eigenvalue weighted by Crippen LogP contribution is 2.55. The van der Waals surface area contributed by atoms with Crippen molar-refractivity contribution in [3.05, 3.63) is 29.8 Å². The number of aryl methyl sites for hydroxylation is 1. The molecule has 4 fully saturated rings. The number of likely N-dealkylation sites (N-methyl/N-ethyl adjacent to an activating group) is 1. The molecule has 0 aliphatic heterocycles. The quantitative estimate of drug-likeness (QED) is 0.792. The molecular weight excluding hydrogens is 350 g/mol. The number of amides is 2. The fourth-order valence-electron chi connectivity index (χ4n) is 6.03. The first kappa shape index (κ1) is 19.4. The van der Waals surface area contributed by atoms with Gasteiger partial charge in [0.1, 0.15) is 0 Å². The molecule has 0 spiro atoms. The lowest BCUT2D eigenvalue weighted by Gasteiger charge is -2.57. The lowest BCUT2D eigenvalue weighted by Crippen LogP contribution is -2.62. The maximum Gasteiger partial charge on any atom is 0.238 e. The van der Waals surface area contributed by atoms with Crippen LogP contribution in [0, 0.1) is 24.7 Å². The topological polar surface area (TPSA) is 61.4 Å². The van der Waals surface area contributed by atoms with Crippen molar-refractivity contribution in [1.82, 2.24) is 10.2 Å². The fourth-order valence-corrected chi connectivity index (χ4v) is 6.03. The number of carbonyl (C=O) groups excluding carboxylic acids is 2. The van der Waals surface area contributed by atoms with Gasteiger partial charge in [0, 0.05) is 11.2 Å². The van der Waals surface area contributed by atoms with Crippen LogP contribution in [0.5, 0.6) is 0 Å². The summed E-state index contributed by atoms with van der Waals surface area (Å²) in [7, 11) is 1.85. The Labute approximate surface area is 168 Å². The van der Waals surface area contributed by atoms with Gasteiger partial charge in [-0.05, 0) is 89.3 Å². The summed E-state index contributed by atoms with van der Waals surface area (Å²) in [5, 5.41) is 6.33. The van der Waals surface area contributed by atoms with E-state index in [-0.39, 0.29) is 29.9 Å². The first-order chi connectivity index (χ1) is 13.3. The Morgan fingerprint density at radius 1 is 1.07 bits per heavy atom. The molecule has 1 aromatic carbocycles. The number of hydrogen-bond acceptors (Lipinski definition) is 3. The minimum absolute atomic E-state index is 0.0189. The van der Waals surface area contributed by atoms with Gasteiger partial charge in [-0.2, -0.15) is 0 Å². The summed E-state index contributed by atoms with van der Waals surface area (Å²) in [5.74, 6) is 2.38. The van der Waals surface area contributed by atoms with E-state index in [4.69, 9.17) is 0 Å². The predicted molar refractivity (Wildman–Crippen MR) is 111 cm³/mol. The first-order valence-corrected chi connectivity index (χ1v) is 10.7. The molecule has 4 aliphatic carbocycles. The summed E-state index contributed by atoms with van der Waals surface area (Å²) in [6.45, 7) is 4.11. The Kier molecular flexibility index (Phi) is 5.21. The largest absolute Gasteiger partial charge is 0.349 e. The molecule has 5 heteroatoms. The third-order valence-electron chi connectivity index (χ3n) is 7.20. The van der Waals surface area contributed by atoms with Gasteiger partial charge >= 0.3 is 0 Å². The van der Waals surface area contributed by atoms with E-state index >= 15 is 0 Å². The number of nitrogens with one attached hydrogen (secondary N) is 2. The third-order valence-corrected chi connectivity index (χ3v) is 7.20. The molecule has 4 aliphatic rings. The number of anilines is 1. The highest BCUT2D eigenvalue weighted by molar-refractivity contribution is 5.92. The lowest BCUT2D eigenvalue weighted by molar-refractivity contribution is -0.131. The molecule has 5 nitrogen and oxygen atoms in total. The molecule has 4 saturated carbocycles. The van der Waals surface area contributed by atoms with Gasteiger partial charge in [-0.25, -0.2) is 0 Å². The number of hydrogen-bond donors (Lipinski definition) is 2. The second kappa shape index (κ2) is 7.51. The molecule has 4 bridgehead atoms. The molecular formula is C23H33N3O2. The monoisotopic (exact) mass is 383 g/mol. The average Bonchev–Trinajstić information content (AvgIpc) is 2.61. The van der Waals surface area contributed by atoms with Gasteiger partial charge in [-0.1, -0.05) is 17.7 Å². The van der Waals surface area contributed by atoms with Gasteiger partial charge in [-0.3, -0.25) is 14.5 Å². The Bertz CT molecular complexity index is 707. The number of carbonyl (C=O) groups is 2. The molecule has 28 heavy (non-hydrogen) atoms. The van der Waals surface area contributed by atoms with Gasteiger partial charge in [0.2, 0.25) is 11.8 Å². The van der Waals surface area contributed by atoms with Crippen LogP contribution in [-0.4, -0.2) is 41.9 Å². The fraction of sp³-hybridized carbons (Fsp3) is 0.652. The van der Waals surface area contributed by atoms with Crippen LogP contribution in [0.1, 0.15) is 51.0 Å². The summed E-state index contributed by atoms with van der Waals surface area (Å²) in [6.07, 6.45) is 7.54. The van der Waals surface area contributed by atoms with E-state index < -0.39 is 0 Å². The Balaban J connectivity index is 1.31. The zero-order chi connectivity index (χ0) is 19.9. The van der Waals surface area contributed by atoms with Crippen LogP contribution >= 0.6 is 0 Å². The van der Waals surface area contributed by atoms with Crippen LogP contribution < -0.4 is 10.6 Å². The van der Waals surface area contributed by atoms with E-state index in [1.807, 2.05) is 50.1 Å². The van der Waals surface area contributed by atoms with Crippen molar-refractivity contribution in [2.24, 2.45) is 17.8 Å². The van der Waals surface area contributed by atoms with Gasteiger partial charge in [-0.15, -0.1) is 0 Å². The van der Waals surface area contributed by atoms with Gasteiger partial charge < -0.3 is 10.6 Å². The molecule has 0 heterocycles. The van der Waals surface area contributed by atoms with Crippen LogP contribution in [0.15, 0.2) is 24.3 Å². The molecule has 0 saturated heterocycles. The van der Waals surface area contributed by atoms with E-state index in [0.717, 1.165) is 48.3 Å². The van der Waals surface area contributed by atoms with Crippen molar-refractivity contribution in [2.45, 2.75) is 64.0 Å². The molecule has 0 unspecified atom stereocenters. The van der Waals surface area contributed by atoms with Crippen LogP contribution in [0.4, 0.5) is 5.69 Å². The van der Waals surface area contributed by atoms with E-state index in [0.29, 0.717) is 0 Å². The Morgan fingerprint density at radius 2 is 1.61 bits per heavy atom. The van der Waals surface area contributed by atoms with Crippen LogP contribution in [0.2, 0.25) is 0 Å². The van der Waals surface area contributed by atoms with Crippen molar-refractivity contribution < 1.29 is 9.59 Å². The van der Waals surface area contributed by atoms with E-state index in [9.17, 15) is 9.59 Å². The number of rotatable bonds is 6. The second-order valence-electron chi connectivity index (χ2n) is 9.69. The lowest BCUT2D eigenvalue weighted by atomic mass is 9.53. The highest BCUT2D eigenvalue weighted by atomic mass is 16.2. The van der Waals surface area contributed by atoms with Gasteiger partial charge in [0.15, 0.2) is 0 Å². The predicted octanol–water partition coefficient (Wildman–Crippen LogP) is 3.34. The SMILES string of the molecule is Cc1ccc(NC(=O)CN(C)[C@@H](C)C(=O)NC23CC4CC(CC(C4)C2)C3)cc1.